The molecule has 1 aliphatic heterocycles. The van der Waals surface area contributed by atoms with Crippen molar-refractivity contribution >= 4 is 22.7 Å². The van der Waals surface area contributed by atoms with Crippen LogP contribution >= 0.6 is 0 Å². The summed E-state index contributed by atoms with van der Waals surface area (Å²) in [5, 5.41) is 5.57. The summed E-state index contributed by atoms with van der Waals surface area (Å²) in [6.07, 6.45) is 3.38. The minimum absolute atomic E-state index is 0.228. The lowest BCUT2D eigenvalue weighted by Crippen LogP contribution is -2.42. The molecule has 6 nitrogen and oxygen atoms in total. The van der Waals surface area contributed by atoms with Crippen LogP contribution in [0.5, 0.6) is 0 Å². The van der Waals surface area contributed by atoms with E-state index in [1.54, 1.807) is 4.90 Å². The van der Waals surface area contributed by atoms with Crippen LogP contribution in [0, 0.1) is 0 Å². The molecule has 1 saturated heterocycles. The van der Waals surface area contributed by atoms with Crippen LogP contribution in [0.25, 0.3) is 10.9 Å². The molecular formula is C17H24N4O2. The zero-order chi connectivity index (χ0) is 16.6. The number of nitrogens with zero attached hydrogens (tertiary/aromatic N) is 3. The van der Waals surface area contributed by atoms with E-state index < -0.39 is 5.60 Å². The number of amides is 1. The highest BCUT2D eigenvalue weighted by Gasteiger charge is 2.28. The van der Waals surface area contributed by atoms with Crippen LogP contribution in [-0.4, -0.2) is 39.5 Å². The Hall–Kier alpha value is -2.24. The Morgan fingerprint density at radius 1 is 1.30 bits per heavy atom. The molecule has 0 bridgehead atoms. The molecule has 0 saturated carbocycles. The molecule has 1 aromatic heterocycles. The van der Waals surface area contributed by atoms with E-state index in [1.165, 1.54) is 0 Å². The van der Waals surface area contributed by atoms with Crippen molar-refractivity contribution in [3.8, 4) is 0 Å². The van der Waals surface area contributed by atoms with Gasteiger partial charge >= 0.3 is 6.09 Å². The predicted molar refractivity (Wildman–Crippen MR) is 90.2 cm³/mol. The van der Waals surface area contributed by atoms with Crippen molar-refractivity contribution in [2.75, 3.05) is 18.8 Å². The molecule has 1 aliphatic rings. The van der Waals surface area contributed by atoms with E-state index >= 15 is 0 Å². The Morgan fingerprint density at radius 3 is 2.65 bits per heavy atom. The molecule has 0 aliphatic carbocycles. The SMILES string of the molecule is CC(C)(C)OC(=O)N1CCC(n2ncc3cc(N)ccc32)CC1. The van der Waals surface area contributed by atoms with Crippen LogP contribution in [0.15, 0.2) is 24.4 Å². The van der Waals surface area contributed by atoms with Crippen molar-refractivity contribution in [1.82, 2.24) is 14.7 Å². The highest BCUT2D eigenvalue weighted by atomic mass is 16.6. The van der Waals surface area contributed by atoms with Gasteiger partial charge < -0.3 is 15.4 Å². The molecule has 0 unspecified atom stereocenters. The van der Waals surface area contributed by atoms with Crippen molar-refractivity contribution < 1.29 is 9.53 Å². The number of hydrogen-bond donors (Lipinski definition) is 1. The van der Waals surface area contributed by atoms with Gasteiger partial charge in [0.2, 0.25) is 0 Å². The molecule has 1 aromatic carbocycles. The van der Waals surface area contributed by atoms with Crippen LogP contribution in [0.4, 0.5) is 10.5 Å². The number of anilines is 1. The monoisotopic (exact) mass is 316 g/mol. The third-order valence-electron chi connectivity index (χ3n) is 4.08. The number of ether oxygens (including phenoxy) is 1. The summed E-state index contributed by atoms with van der Waals surface area (Å²) in [5.74, 6) is 0. The number of piperidine rings is 1. The number of benzene rings is 1. The lowest BCUT2D eigenvalue weighted by molar-refractivity contribution is 0.0186. The van der Waals surface area contributed by atoms with Crippen LogP contribution in [-0.2, 0) is 4.74 Å². The van der Waals surface area contributed by atoms with Crippen LogP contribution in [0.1, 0.15) is 39.7 Å². The van der Waals surface area contributed by atoms with E-state index in [0.717, 1.165) is 29.4 Å². The van der Waals surface area contributed by atoms with Gasteiger partial charge in [0, 0.05) is 24.2 Å². The second kappa shape index (κ2) is 5.76. The topological polar surface area (TPSA) is 73.4 Å². The Balaban J connectivity index is 1.67. The highest BCUT2D eigenvalue weighted by Crippen LogP contribution is 2.27. The molecule has 0 radical (unpaired) electrons. The molecule has 1 amide bonds. The van der Waals surface area contributed by atoms with Gasteiger partial charge in [0.1, 0.15) is 5.60 Å². The molecule has 6 heteroatoms. The fraction of sp³-hybridized carbons (Fsp3) is 0.529. The third kappa shape index (κ3) is 3.41. The van der Waals surface area contributed by atoms with Gasteiger partial charge in [-0.2, -0.15) is 5.10 Å². The average Bonchev–Trinajstić information content (AvgIpc) is 2.88. The molecule has 2 heterocycles. The summed E-state index contributed by atoms with van der Waals surface area (Å²) >= 11 is 0. The molecule has 3 rings (SSSR count). The lowest BCUT2D eigenvalue weighted by atomic mass is 10.1. The van der Waals surface area contributed by atoms with E-state index in [-0.39, 0.29) is 6.09 Å². The molecule has 124 valence electrons. The fourth-order valence-corrected chi connectivity index (χ4v) is 2.98. The lowest BCUT2D eigenvalue weighted by Gasteiger charge is -2.33. The first-order chi connectivity index (χ1) is 10.8. The zero-order valence-corrected chi connectivity index (χ0v) is 14.0. The standard InChI is InChI=1S/C17H24N4O2/c1-17(2,3)23-16(22)20-8-6-14(7-9-20)21-15-5-4-13(18)10-12(15)11-19-21/h4-5,10-11,14H,6-9,18H2,1-3H3. The Bertz CT molecular complexity index is 709. The van der Waals surface area contributed by atoms with Crippen molar-refractivity contribution in [2.45, 2.75) is 45.3 Å². The zero-order valence-electron chi connectivity index (χ0n) is 14.0. The molecule has 0 atom stereocenters. The first kappa shape index (κ1) is 15.6. The summed E-state index contributed by atoms with van der Waals surface area (Å²) in [6.45, 7) is 7.05. The fourth-order valence-electron chi connectivity index (χ4n) is 2.98. The van der Waals surface area contributed by atoms with Gasteiger partial charge in [-0.1, -0.05) is 0 Å². The number of likely N-dealkylation sites (tertiary alicyclic amines) is 1. The minimum atomic E-state index is -0.452. The average molecular weight is 316 g/mol. The Labute approximate surface area is 136 Å². The van der Waals surface area contributed by atoms with Crippen molar-refractivity contribution in [1.29, 1.82) is 0 Å². The quantitative estimate of drug-likeness (QED) is 0.820. The molecule has 23 heavy (non-hydrogen) atoms. The maximum atomic E-state index is 12.1. The van der Waals surface area contributed by atoms with Crippen molar-refractivity contribution in [2.24, 2.45) is 0 Å². The Morgan fingerprint density at radius 2 is 2.00 bits per heavy atom. The van der Waals surface area contributed by atoms with E-state index in [0.29, 0.717) is 19.1 Å². The highest BCUT2D eigenvalue weighted by molar-refractivity contribution is 5.82. The largest absolute Gasteiger partial charge is 0.444 e. The summed E-state index contributed by atoms with van der Waals surface area (Å²) in [4.78, 5) is 13.9. The van der Waals surface area contributed by atoms with Crippen LogP contribution in [0.3, 0.4) is 0 Å². The summed E-state index contributed by atoms with van der Waals surface area (Å²) in [7, 11) is 0. The second-order valence-electron chi connectivity index (χ2n) is 7.11. The number of nitrogen functional groups attached to an aromatic ring is 1. The smallest absolute Gasteiger partial charge is 0.410 e. The Kier molecular flexibility index (Phi) is 3.92. The van der Waals surface area contributed by atoms with Gasteiger partial charge in [0.05, 0.1) is 17.8 Å². The summed E-state index contributed by atoms with van der Waals surface area (Å²) < 4.78 is 7.49. The molecule has 2 N–H and O–H groups in total. The molecule has 2 aromatic rings. The van der Waals surface area contributed by atoms with Crippen LogP contribution < -0.4 is 5.73 Å². The van der Waals surface area contributed by atoms with Gasteiger partial charge in [-0.25, -0.2) is 4.79 Å². The van der Waals surface area contributed by atoms with Gasteiger partial charge in [0.25, 0.3) is 0 Å². The number of hydrogen-bond acceptors (Lipinski definition) is 4. The van der Waals surface area contributed by atoms with Gasteiger partial charge in [-0.3, -0.25) is 4.68 Å². The molecule has 1 fully saturated rings. The molecule has 0 spiro atoms. The number of nitrogens with two attached hydrogens (primary N) is 1. The van der Waals surface area contributed by atoms with Gasteiger partial charge in [0.15, 0.2) is 0 Å². The normalized spacial score (nSPS) is 16.7. The van der Waals surface area contributed by atoms with Gasteiger partial charge in [-0.15, -0.1) is 0 Å². The maximum Gasteiger partial charge on any atom is 0.410 e. The number of aromatic nitrogens is 2. The molecular weight excluding hydrogens is 292 g/mol. The minimum Gasteiger partial charge on any atom is -0.444 e. The second-order valence-corrected chi connectivity index (χ2v) is 7.11. The van der Waals surface area contributed by atoms with Crippen molar-refractivity contribution in [3.05, 3.63) is 24.4 Å². The third-order valence-corrected chi connectivity index (χ3v) is 4.08. The first-order valence-corrected chi connectivity index (χ1v) is 8.04. The van der Waals surface area contributed by atoms with E-state index in [1.807, 2.05) is 45.2 Å². The summed E-state index contributed by atoms with van der Waals surface area (Å²) in [5.41, 5.74) is 7.21. The van der Waals surface area contributed by atoms with Crippen molar-refractivity contribution in [3.63, 3.8) is 0 Å². The van der Waals surface area contributed by atoms with Gasteiger partial charge in [-0.05, 0) is 51.8 Å². The maximum absolute atomic E-state index is 12.1. The number of rotatable bonds is 1. The first-order valence-electron chi connectivity index (χ1n) is 8.04. The summed E-state index contributed by atoms with van der Waals surface area (Å²) in [6, 6.07) is 6.15. The van der Waals surface area contributed by atoms with E-state index in [9.17, 15) is 4.79 Å². The van der Waals surface area contributed by atoms with E-state index in [2.05, 4.69) is 9.78 Å². The predicted octanol–water partition coefficient (Wildman–Crippen LogP) is 3.19. The number of carbonyl (C=O) groups is 1. The van der Waals surface area contributed by atoms with Crippen LogP contribution in [0.2, 0.25) is 0 Å². The number of carbonyl (C=O) groups excluding carboxylic acids is 1. The number of fused-ring (bicyclic) bond motifs is 1. The van der Waals surface area contributed by atoms with E-state index in [4.69, 9.17) is 10.5 Å².